The number of alkyl halides is 6. The number of carboxylic acids is 2. The molecular weight excluding hydrogens is 566 g/mol. The number of thiazole rings is 1. The Morgan fingerprint density at radius 3 is 2.03 bits per heavy atom. The molecule has 214 valence electrons. The Labute approximate surface area is 218 Å². The van der Waals surface area contributed by atoms with Crippen LogP contribution >= 0.6 is 11.3 Å². The van der Waals surface area contributed by atoms with Gasteiger partial charge in [-0.25, -0.2) is 14.6 Å². The van der Waals surface area contributed by atoms with Gasteiger partial charge >= 0.3 is 30.3 Å². The number of nitrogens with two attached hydrogens (primary N) is 1. The largest absolute Gasteiger partial charge is 0.490 e. The predicted octanol–water partition coefficient (Wildman–Crippen LogP) is 4.31. The Bertz CT molecular complexity index is 1360. The van der Waals surface area contributed by atoms with Gasteiger partial charge in [-0.15, -0.1) is 11.3 Å². The summed E-state index contributed by atoms with van der Waals surface area (Å²) in [5, 5.41) is 17.4. The quantitative estimate of drug-likeness (QED) is 0.222. The normalized spacial score (nSPS) is 11.1. The van der Waals surface area contributed by atoms with Gasteiger partial charge in [0.2, 0.25) is 5.43 Å². The molecule has 39 heavy (non-hydrogen) atoms. The maximum absolute atomic E-state index is 12.9. The monoisotopic (exact) mass is 586 g/mol. The van der Waals surface area contributed by atoms with Gasteiger partial charge in [-0.3, -0.25) is 9.59 Å². The number of halogens is 6. The second-order valence-electron chi connectivity index (χ2n) is 7.22. The maximum Gasteiger partial charge on any atom is 0.490 e. The highest BCUT2D eigenvalue weighted by atomic mass is 32.1. The van der Waals surface area contributed by atoms with Crippen molar-refractivity contribution >= 4 is 40.2 Å². The first-order valence-corrected chi connectivity index (χ1v) is 11.3. The molecule has 0 aliphatic heterocycles. The topological polar surface area (TPSA) is 170 Å². The van der Waals surface area contributed by atoms with Crippen molar-refractivity contribution in [2.75, 3.05) is 6.54 Å². The first-order chi connectivity index (χ1) is 17.9. The predicted molar refractivity (Wildman–Crippen MR) is 124 cm³/mol. The van der Waals surface area contributed by atoms with E-state index < -0.39 is 30.3 Å². The highest BCUT2D eigenvalue weighted by Gasteiger charge is 2.38. The SMILES string of the molecule is CCCc1cc2c(=O)c(-c3csc(C)n3)coc2cc1OC(=O)CN.O=C(O)C(F)(F)F.O=C(O)C(F)(F)F. The van der Waals surface area contributed by atoms with E-state index in [4.69, 9.17) is 34.7 Å². The number of fused-ring (bicyclic) bond motifs is 1. The molecule has 0 aliphatic rings. The van der Waals surface area contributed by atoms with Gasteiger partial charge in [-0.2, -0.15) is 26.3 Å². The Hall–Kier alpha value is -3.99. The van der Waals surface area contributed by atoms with Crippen molar-refractivity contribution in [3.8, 4) is 17.0 Å². The number of esters is 1. The van der Waals surface area contributed by atoms with Crippen molar-refractivity contribution in [2.45, 2.75) is 39.0 Å². The minimum atomic E-state index is -5.08. The lowest BCUT2D eigenvalue weighted by Crippen LogP contribution is -2.21. The number of ether oxygens (including phenoxy) is 1. The van der Waals surface area contributed by atoms with Crippen molar-refractivity contribution in [1.82, 2.24) is 4.98 Å². The second-order valence-corrected chi connectivity index (χ2v) is 8.28. The van der Waals surface area contributed by atoms with Crippen molar-refractivity contribution in [3.63, 3.8) is 0 Å². The van der Waals surface area contributed by atoms with E-state index in [0.717, 1.165) is 17.0 Å². The highest BCUT2D eigenvalue weighted by molar-refractivity contribution is 7.09. The molecule has 0 aliphatic carbocycles. The zero-order valence-electron chi connectivity index (χ0n) is 20.0. The molecule has 0 saturated carbocycles. The van der Waals surface area contributed by atoms with E-state index in [9.17, 15) is 35.9 Å². The van der Waals surface area contributed by atoms with Gasteiger partial charge in [-0.05, 0) is 25.0 Å². The van der Waals surface area contributed by atoms with E-state index in [1.54, 1.807) is 12.1 Å². The lowest BCUT2D eigenvalue weighted by atomic mass is 10.0. The van der Waals surface area contributed by atoms with Crippen molar-refractivity contribution in [1.29, 1.82) is 0 Å². The van der Waals surface area contributed by atoms with Gasteiger partial charge in [0.1, 0.15) is 17.6 Å². The minimum absolute atomic E-state index is 0.152. The number of benzene rings is 1. The molecule has 3 rings (SSSR count). The van der Waals surface area contributed by atoms with E-state index in [0.29, 0.717) is 34.4 Å². The zero-order chi connectivity index (χ0) is 30.1. The summed E-state index contributed by atoms with van der Waals surface area (Å²) in [7, 11) is 0. The number of nitrogens with zero attached hydrogens (tertiary/aromatic N) is 1. The first-order valence-electron chi connectivity index (χ1n) is 10.4. The zero-order valence-corrected chi connectivity index (χ0v) is 20.8. The molecule has 0 bridgehead atoms. The molecular formula is C22H20F6N2O8S. The summed E-state index contributed by atoms with van der Waals surface area (Å²) >= 11 is 1.48. The third-order valence-corrected chi connectivity index (χ3v) is 5.02. The van der Waals surface area contributed by atoms with Gasteiger partial charge in [0.25, 0.3) is 0 Å². The molecule has 0 radical (unpaired) electrons. The van der Waals surface area contributed by atoms with Gasteiger partial charge in [0.15, 0.2) is 0 Å². The molecule has 10 nitrogen and oxygen atoms in total. The van der Waals surface area contributed by atoms with Crippen molar-refractivity contribution in [3.05, 3.63) is 44.6 Å². The van der Waals surface area contributed by atoms with E-state index in [-0.39, 0.29) is 12.0 Å². The fourth-order valence-electron chi connectivity index (χ4n) is 2.59. The summed E-state index contributed by atoms with van der Waals surface area (Å²) < 4.78 is 74.4. The van der Waals surface area contributed by atoms with Gasteiger partial charge in [0.05, 0.1) is 28.2 Å². The number of carbonyl (C=O) groups excluding carboxylic acids is 1. The maximum atomic E-state index is 12.9. The van der Waals surface area contributed by atoms with Gasteiger partial charge < -0.3 is 25.1 Å². The lowest BCUT2D eigenvalue weighted by Gasteiger charge is -2.10. The number of rotatable bonds is 5. The number of aromatic nitrogens is 1. The van der Waals surface area contributed by atoms with Crippen LogP contribution in [0.4, 0.5) is 26.3 Å². The molecule has 0 saturated heterocycles. The molecule has 0 spiro atoms. The second kappa shape index (κ2) is 13.7. The summed E-state index contributed by atoms with van der Waals surface area (Å²) in [6.07, 6.45) is -7.26. The third kappa shape index (κ3) is 10.0. The van der Waals surface area contributed by atoms with Crippen molar-refractivity contribution < 1.29 is 60.1 Å². The first kappa shape index (κ1) is 33.0. The highest BCUT2D eigenvalue weighted by Crippen LogP contribution is 2.28. The van der Waals surface area contributed by atoms with Crippen LogP contribution in [0.25, 0.3) is 22.2 Å². The van der Waals surface area contributed by atoms with E-state index in [2.05, 4.69) is 4.98 Å². The van der Waals surface area contributed by atoms with E-state index >= 15 is 0 Å². The van der Waals surface area contributed by atoms with Crippen LogP contribution in [0.15, 0.2) is 33.0 Å². The lowest BCUT2D eigenvalue weighted by molar-refractivity contribution is -0.193. The van der Waals surface area contributed by atoms with Crippen LogP contribution in [0.3, 0.4) is 0 Å². The van der Waals surface area contributed by atoms with Crippen LogP contribution < -0.4 is 15.9 Å². The number of carboxylic acid groups (broad SMARTS) is 2. The van der Waals surface area contributed by atoms with Gasteiger partial charge in [0, 0.05) is 11.4 Å². The van der Waals surface area contributed by atoms with Crippen LogP contribution in [0.2, 0.25) is 0 Å². The fraction of sp³-hybridized carbons (Fsp3) is 0.318. The average molecular weight is 586 g/mol. The molecule has 0 atom stereocenters. The molecule has 2 aromatic heterocycles. The number of hydrogen-bond acceptors (Lipinski definition) is 9. The van der Waals surface area contributed by atoms with E-state index in [1.807, 2.05) is 19.2 Å². The number of carbonyl (C=O) groups is 3. The Morgan fingerprint density at radius 2 is 1.62 bits per heavy atom. The number of hydrogen-bond donors (Lipinski definition) is 3. The molecule has 2 heterocycles. The van der Waals surface area contributed by atoms with Crippen LogP contribution in [0, 0.1) is 6.92 Å². The Kier molecular flexibility index (Phi) is 11.6. The Balaban J connectivity index is 0.000000449. The molecule has 0 fully saturated rings. The summed E-state index contributed by atoms with van der Waals surface area (Å²) in [5.74, 6) is -5.67. The summed E-state index contributed by atoms with van der Waals surface area (Å²) in [5.41, 5.74) is 7.32. The molecule has 1 aromatic carbocycles. The number of aryl methyl sites for hydroxylation is 2. The standard InChI is InChI=1S/C18H18N2O4S.2C2HF3O2/c1-3-4-11-5-12-16(6-15(11)24-17(21)7-19)23-8-13(18(12)22)14-9-25-10(2)20-14;2*3-2(4,5)1(6)7/h5-6,8-9H,3-4,7,19H2,1-2H3;2*(H,6,7). The summed E-state index contributed by atoms with van der Waals surface area (Å²) in [6.45, 7) is 3.68. The molecule has 4 N–H and O–H groups in total. The van der Waals surface area contributed by atoms with E-state index in [1.165, 1.54) is 17.6 Å². The average Bonchev–Trinajstić information content (AvgIpc) is 3.25. The van der Waals surface area contributed by atoms with Crippen LogP contribution in [0.1, 0.15) is 23.9 Å². The fourth-order valence-corrected chi connectivity index (χ4v) is 3.20. The van der Waals surface area contributed by atoms with Crippen LogP contribution in [-0.4, -0.2) is 52.0 Å². The molecule has 17 heteroatoms. The molecule has 3 aromatic rings. The van der Waals surface area contributed by atoms with Crippen LogP contribution in [0.5, 0.6) is 5.75 Å². The summed E-state index contributed by atoms with van der Waals surface area (Å²) in [4.78, 5) is 46.5. The smallest absolute Gasteiger partial charge is 0.475 e. The third-order valence-electron chi connectivity index (χ3n) is 4.25. The van der Waals surface area contributed by atoms with Gasteiger partial charge in [-0.1, -0.05) is 13.3 Å². The summed E-state index contributed by atoms with van der Waals surface area (Å²) in [6, 6.07) is 3.30. The number of aliphatic carboxylic acids is 2. The van der Waals surface area contributed by atoms with Crippen LogP contribution in [-0.2, 0) is 20.8 Å². The van der Waals surface area contributed by atoms with Crippen molar-refractivity contribution in [2.24, 2.45) is 5.73 Å². The Morgan fingerprint density at radius 1 is 1.08 bits per heavy atom. The minimum Gasteiger partial charge on any atom is -0.475 e. The molecule has 0 amide bonds. The molecule has 0 unspecified atom stereocenters.